The largest absolute Gasteiger partial charge is 0.493 e. The van der Waals surface area contributed by atoms with Gasteiger partial charge in [-0.3, -0.25) is 0 Å². The van der Waals surface area contributed by atoms with Crippen LogP contribution in [-0.2, 0) is 0 Å². The van der Waals surface area contributed by atoms with Crippen molar-refractivity contribution in [1.82, 2.24) is 5.32 Å². The minimum Gasteiger partial charge on any atom is -0.493 e. The van der Waals surface area contributed by atoms with E-state index in [9.17, 15) is 0 Å². The Morgan fingerprint density at radius 2 is 2.41 bits per heavy atom. The van der Waals surface area contributed by atoms with Crippen LogP contribution in [0.15, 0.2) is 22.7 Å². The summed E-state index contributed by atoms with van der Waals surface area (Å²) < 4.78 is 6.79. The molecule has 0 aliphatic carbocycles. The number of rotatable bonds is 5. The maximum Gasteiger partial charge on any atom is 0.124 e. The molecule has 1 aliphatic heterocycles. The Hall–Kier alpha value is -0.190. The van der Waals surface area contributed by atoms with Gasteiger partial charge in [-0.25, -0.2) is 0 Å². The predicted octanol–water partition coefficient (Wildman–Crippen LogP) is 3.62. The second-order valence-electron chi connectivity index (χ2n) is 4.17. The van der Waals surface area contributed by atoms with E-state index in [1.54, 1.807) is 0 Å². The normalized spacial score (nSPS) is 18.6. The molecule has 1 aromatic carbocycles. The summed E-state index contributed by atoms with van der Waals surface area (Å²) in [6.07, 6.45) is 4.44. The third-order valence-electron chi connectivity index (χ3n) is 2.93. The van der Waals surface area contributed by atoms with Gasteiger partial charge in [0.1, 0.15) is 5.75 Å². The van der Waals surface area contributed by atoms with Gasteiger partial charge in [0.15, 0.2) is 0 Å². The van der Waals surface area contributed by atoms with Crippen molar-refractivity contribution in [3.8, 4) is 5.75 Å². The second-order valence-corrected chi connectivity index (χ2v) is 6.07. The molecule has 94 valence electrons. The molecule has 2 nitrogen and oxygen atoms in total. The van der Waals surface area contributed by atoms with Gasteiger partial charge in [0, 0.05) is 22.5 Å². The molecule has 0 fully saturated rings. The van der Waals surface area contributed by atoms with Crippen LogP contribution in [0, 0.1) is 0 Å². The highest BCUT2D eigenvalue weighted by Crippen LogP contribution is 2.33. The summed E-state index contributed by atoms with van der Waals surface area (Å²) in [6.45, 7) is 1.90. The molecule has 1 heterocycles. The van der Waals surface area contributed by atoms with Crippen molar-refractivity contribution in [3.05, 3.63) is 28.2 Å². The third kappa shape index (κ3) is 3.63. The molecule has 1 atom stereocenters. The summed E-state index contributed by atoms with van der Waals surface area (Å²) in [5.41, 5.74) is 1.29. The molecule has 1 N–H and O–H groups in total. The van der Waals surface area contributed by atoms with Crippen LogP contribution in [0.25, 0.3) is 0 Å². The number of fused-ring (bicyclic) bond motifs is 1. The van der Waals surface area contributed by atoms with E-state index >= 15 is 0 Å². The van der Waals surface area contributed by atoms with Gasteiger partial charge in [-0.2, -0.15) is 11.8 Å². The molecule has 1 aromatic rings. The highest BCUT2D eigenvalue weighted by Gasteiger charge is 2.20. The quantitative estimate of drug-likeness (QED) is 0.839. The van der Waals surface area contributed by atoms with Crippen LogP contribution >= 0.6 is 27.7 Å². The van der Waals surface area contributed by atoms with Gasteiger partial charge >= 0.3 is 0 Å². The zero-order valence-electron chi connectivity index (χ0n) is 10.0. The monoisotopic (exact) mass is 315 g/mol. The van der Waals surface area contributed by atoms with Crippen LogP contribution < -0.4 is 10.1 Å². The summed E-state index contributed by atoms with van der Waals surface area (Å²) in [7, 11) is 0. The van der Waals surface area contributed by atoms with Gasteiger partial charge in [0.25, 0.3) is 0 Å². The number of halogens is 1. The predicted molar refractivity (Wildman–Crippen MR) is 78.0 cm³/mol. The fraction of sp³-hybridized carbons (Fsp3) is 0.538. The molecule has 4 heteroatoms. The van der Waals surface area contributed by atoms with Gasteiger partial charge in [-0.05, 0) is 43.2 Å². The first-order valence-corrected chi connectivity index (χ1v) is 8.14. The van der Waals surface area contributed by atoms with Gasteiger partial charge < -0.3 is 10.1 Å². The molecular formula is C13H18BrNOS. The first kappa shape index (κ1) is 13.2. The summed E-state index contributed by atoms with van der Waals surface area (Å²) >= 11 is 5.43. The third-order valence-corrected chi connectivity index (χ3v) is 4.12. The topological polar surface area (TPSA) is 21.3 Å². The summed E-state index contributed by atoms with van der Waals surface area (Å²) in [5.74, 6) is 2.25. The average Bonchev–Trinajstić information content (AvgIpc) is 2.35. The number of thioether (sulfide) groups is 1. The van der Waals surface area contributed by atoms with E-state index in [2.05, 4.69) is 39.6 Å². The molecule has 1 unspecified atom stereocenters. The second kappa shape index (κ2) is 6.66. The Bertz CT molecular complexity index is 372. The summed E-state index contributed by atoms with van der Waals surface area (Å²) in [5, 5.41) is 3.63. The van der Waals surface area contributed by atoms with E-state index < -0.39 is 0 Å². The average molecular weight is 316 g/mol. The van der Waals surface area contributed by atoms with Crippen LogP contribution in [-0.4, -0.2) is 25.2 Å². The van der Waals surface area contributed by atoms with Crippen LogP contribution in [0.2, 0.25) is 0 Å². The lowest BCUT2D eigenvalue weighted by Gasteiger charge is -2.27. The molecule has 0 amide bonds. The van der Waals surface area contributed by atoms with E-state index in [0.717, 1.165) is 29.8 Å². The van der Waals surface area contributed by atoms with Crippen molar-refractivity contribution >= 4 is 27.7 Å². The molecule has 0 bridgehead atoms. The minimum atomic E-state index is 0.443. The van der Waals surface area contributed by atoms with E-state index in [1.807, 2.05) is 17.8 Å². The molecule has 0 saturated heterocycles. The Morgan fingerprint density at radius 1 is 1.53 bits per heavy atom. The number of nitrogens with one attached hydrogen (secondary N) is 1. The number of benzene rings is 1. The fourth-order valence-corrected chi connectivity index (χ4v) is 2.88. The van der Waals surface area contributed by atoms with Crippen molar-refractivity contribution in [3.63, 3.8) is 0 Å². The maximum atomic E-state index is 5.67. The van der Waals surface area contributed by atoms with E-state index in [4.69, 9.17) is 4.74 Å². The molecule has 1 aliphatic rings. The van der Waals surface area contributed by atoms with Crippen LogP contribution in [0.3, 0.4) is 0 Å². The van der Waals surface area contributed by atoms with Crippen molar-refractivity contribution in [2.75, 3.05) is 25.2 Å². The first-order valence-electron chi connectivity index (χ1n) is 5.96. The summed E-state index contributed by atoms with van der Waals surface area (Å²) in [6, 6.07) is 6.70. The highest BCUT2D eigenvalue weighted by molar-refractivity contribution is 9.10. The van der Waals surface area contributed by atoms with Gasteiger partial charge in [0.2, 0.25) is 0 Å². The van der Waals surface area contributed by atoms with Gasteiger partial charge in [-0.15, -0.1) is 0 Å². The molecule has 0 spiro atoms. The lowest BCUT2D eigenvalue weighted by atomic mass is 10.0. The lowest BCUT2D eigenvalue weighted by Crippen LogP contribution is -2.28. The van der Waals surface area contributed by atoms with Crippen LogP contribution in [0.4, 0.5) is 0 Å². The van der Waals surface area contributed by atoms with Gasteiger partial charge in [0.05, 0.1) is 6.61 Å². The number of ether oxygens (including phenoxy) is 1. The fourth-order valence-electron chi connectivity index (χ4n) is 2.07. The molecule has 2 rings (SSSR count). The molecule has 0 saturated carbocycles. The number of hydrogen-bond acceptors (Lipinski definition) is 3. The van der Waals surface area contributed by atoms with Crippen molar-refractivity contribution < 1.29 is 4.74 Å². The van der Waals surface area contributed by atoms with E-state index in [-0.39, 0.29) is 0 Å². The zero-order valence-corrected chi connectivity index (χ0v) is 12.4. The maximum absolute atomic E-state index is 5.67. The molecule has 0 aromatic heterocycles. The van der Waals surface area contributed by atoms with Crippen LogP contribution in [0.1, 0.15) is 24.4 Å². The lowest BCUT2D eigenvalue weighted by molar-refractivity contribution is 0.253. The van der Waals surface area contributed by atoms with Crippen molar-refractivity contribution in [1.29, 1.82) is 0 Å². The van der Waals surface area contributed by atoms with E-state index in [0.29, 0.717) is 6.04 Å². The van der Waals surface area contributed by atoms with Crippen molar-refractivity contribution in [2.24, 2.45) is 0 Å². The van der Waals surface area contributed by atoms with Gasteiger partial charge in [-0.1, -0.05) is 15.9 Å². The van der Waals surface area contributed by atoms with E-state index in [1.165, 1.54) is 17.7 Å². The Labute approximate surface area is 116 Å². The zero-order chi connectivity index (χ0) is 12.1. The Balaban J connectivity index is 1.98. The molecule has 0 radical (unpaired) electrons. The highest BCUT2D eigenvalue weighted by atomic mass is 79.9. The van der Waals surface area contributed by atoms with Crippen molar-refractivity contribution in [2.45, 2.75) is 18.9 Å². The standard InChI is InChI=1S/C13H18BrNOS/c1-17-8-2-6-15-12-5-7-16-13-4-3-10(14)9-11(12)13/h3-4,9,12,15H,2,5-8H2,1H3. The Kier molecular flexibility index (Phi) is 5.19. The van der Waals surface area contributed by atoms with Crippen LogP contribution in [0.5, 0.6) is 5.75 Å². The SMILES string of the molecule is CSCCCNC1CCOc2ccc(Br)cc21. The Morgan fingerprint density at radius 3 is 3.24 bits per heavy atom. The summed E-state index contributed by atoms with van der Waals surface area (Å²) in [4.78, 5) is 0. The first-order chi connectivity index (χ1) is 8.31. The molecular weight excluding hydrogens is 298 g/mol. The number of hydrogen-bond donors (Lipinski definition) is 1. The molecule has 17 heavy (non-hydrogen) atoms. The smallest absolute Gasteiger partial charge is 0.124 e. The minimum absolute atomic E-state index is 0.443.